The number of fused-ring (bicyclic) bond motifs is 1. The first-order valence-corrected chi connectivity index (χ1v) is 11.2. The van der Waals surface area contributed by atoms with Crippen LogP contribution in [0.2, 0.25) is 0 Å². The first kappa shape index (κ1) is 21.2. The summed E-state index contributed by atoms with van der Waals surface area (Å²) in [6, 6.07) is 9.29. The molecule has 3 aromatic rings. The van der Waals surface area contributed by atoms with Crippen LogP contribution in [0.1, 0.15) is 47.6 Å². The minimum absolute atomic E-state index is 0.0728. The molecule has 0 bridgehead atoms. The van der Waals surface area contributed by atoms with Gasteiger partial charge in [-0.25, -0.2) is 4.39 Å². The second-order valence-corrected chi connectivity index (χ2v) is 8.92. The molecule has 170 valence electrons. The number of halogens is 1. The fourth-order valence-electron chi connectivity index (χ4n) is 4.66. The van der Waals surface area contributed by atoms with Crippen molar-refractivity contribution in [2.24, 2.45) is 5.92 Å². The number of amides is 1. The molecule has 1 saturated carbocycles. The van der Waals surface area contributed by atoms with E-state index in [1.54, 1.807) is 27.9 Å². The standard InChI is InChI=1S/C24H25FN6O2/c1-14-12-17(4-5-18(14)24(33)30-11-8-16(25)13-30)28-22-21-20(7-10-27-23(21)32)31(29-22)19(6-9-26)15-2-3-15/h4-5,7,10,12,15-16,19H,2-3,6,8,11,13H2,1H3,(H,27,32)(H,28,29). The number of aryl methyl sites for hydroxylation is 1. The molecule has 2 atom stereocenters. The zero-order valence-corrected chi connectivity index (χ0v) is 18.3. The predicted octanol–water partition coefficient (Wildman–Crippen LogP) is 3.83. The minimum atomic E-state index is -0.961. The molecule has 1 aliphatic carbocycles. The van der Waals surface area contributed by atoms with Crippen LogP contribution in [0.5, 0.6) is 0 Å². The fourth-order valence-corrected chi connectivity index (χ4v) is 4.66. The van der Waals surface area contributed by atoms with Crippen LogP contribution in [0, 0.1) is 24.2 Å². The van der Waals surface area contributed by atoms with Crippen LogP contribution in [-0.2, 0) is 0 Å². The van der Waals surface area contributed by atoms with Gasteiger partial charge in [-0.05, 0) is 61.9 Å². The minimum Gasteiger partial charge on any atom is -0.338 e. The van der Waals surface area contributed by atoms with Crippen molar-refractivity contribution in [2.45, 2.75) is 44.8 Å². The Morgan fingerprint density at radius 1 is 1.36 bits per heavy atom. The lowest BCUT2D eigenvalue weighted by Gasteiger charge is -2.17. The highest BCUT2D eigenvalue weighted by Crippen LogP contribution is 2.43. The molecule has 1 aliphatic heterocycles. The highest BCUT2D eigenvalue weighted by atomic mass is 19.1. The Balaban J connectivity index is 1.47. The SMILES string of the molecule is Cc1cc(Nc2nn(C(CC#N)C3CC3)c3cc[nH]c(=O)c23)ccc1C(=O)N1CCC(F)C1. The van der Waals surface area contributed by atoms with E-state index in [4.69, 9.17) is 5.10 Å². The number of anilines is 2. The number of rotatable bonds is 6. The van der Waals surface area contributed by atoms with Crippen molar-refractivity contribution in [3.63, 3.8) is 0 Å². The van der Waals surface area contributed by atoms with Gasteiger partial charge in [0.25, 0.3) is 11.5 Å². The van der Waals surface area contributed by atoms with Crippen LogP contribution in [-0.4, -0.2) is 44.8 Å². The van der Waals surface area contributed by atoms with E-state index in [2.05, 4.69) is 16.4 Å². The Kier molecular flexibility index (Phi) is 5.36. The number of nitrogens with one attached hydrogen (secondary N) is 2. The first-order chi connectivity index (χ1) is 16.0. The van der Waals surface area contributed by atoms with Crippen molar-refractivity contribution in [1.82, 2.24) is 19.7 Å². The first-order valence-electron chi connectivity index (χ1n) is 11.2. The van der Waals surface area contributed by atoms with E-state index < -0.39 is 6.17 Å². The number of aromatic nitrogens is 3. The van der Waals surface area contributed by atoms with E-state index in [0.717, 1.165) is 18.4 Å². The number of carbonyl (C=O) groups is 1. The third-order valence-electron chi connectivity index (χ3n) is 6.55. The van der Waals surface area contributed by atoms with E-state index in [1.165, 1.54) is 0 Å². The van der Waals surface area contributed by atoms with E-state index in [-0.39, 0.29) is 24.1 Å². The molecule has 0 spiro atoms. The fraction of sp³-hybridized carbons (Fsp3) is 0.417. The molecule has 8 nitrogen and oxygen atoms in total. The maximum Gasteiger partial charge on any atom is 0.261 e. The van der Waals surface area contributed by atoms with E-state index in [1.807, 2.05) is 19.1 Å². The number of carbonyl (C=O) groups excluding carboxylic acids is 1. The molecule has 1 aromatic carbocycles. The highest BCUT2D eigenvalue weighted by molar-refractivity contribution is 5.97. The molecule has 2 fully saturated rings. The van der Waals surface area contributed by atoms with Crippen LogP contribution in [0.3, 0.4) is 0 Å². The van der Waals surface area contributed by atoms with Gasteiger partial charge in [-0.1, -0.05) is 0 Å². The van der Waals surface area contributed by atoms with E-state index in [9.17, 15) is 19.2 Å². The summed E-state index contributed by atoms with van der Waals surface area (Å²) in [7, 11) is 0. The van der Waals surface area contributed by atoms with Gasteiger partial charge in [0.1, 0.15) is 11.6 Å². The maximum absolute atomic E-state index is 13.5. The van der Waals surface area contributed by atoms with Gasteiger partial charge in [-0.3, -0.25) is 14.3 Å². The van der Waals surface area contributed by atoms with E-state index in [0.29, 0.717) is 53.3 Å². The number of benzene rings is 1. The zero-order valence-electron chi connectivity index (χ0n) is 18.3. The Hall–Kier alpha value is -3.67. The molecule has 2 aromatic heterocycles. The van der Waals surface area contributed by atoms with Crippen molar-refractivity contribution in [3.05, 3.63) is 51.9 Å². The van der Waals surface area contributed by atoms with Gasteiger partial charge in [0, 0.05) is 24.0 Å². The smallest absolute Gasteiger partial charge is 0.261 e. The van der Waals surface area contributed by atoms with Crippen molar-refractivity contribution >= 4 is 28.3 Å². The van der Waals surface area contributed by atoms with Crippen LogP contribution in [0.15, 0.2) is 35.3 Å². The molecule has 2 N–H and O–H groups in total. The van der Waals surface area contributed by atoms with E-state index >= 15 is 0 Å². The van der Waals surface area contributed by atoms with Gasteiger partial charge >= 0.3 is 0 Å². The molecule has 9 heteroatoms. The Labute approximate surface area is 190 Å². The van der Waals surface area contributed by atoms with Gasteiger partial charge in [0.05, 0.1) is 30.6 Å². The number of nitriles is 1. The molecule has 2 unspecified atom stereocenters. The van der Waals surface area contributed by atoms with Crippen molar-refractivity contribution in [1.29, 1.82) is 5.26 Å². The molecular weight excluding hydrogens is 423 g/mol. The molecular formula is C24H25FN6O2. The third kappa shape index (κ3) is 3.97. The van der Waals surface area contributed by atoms with Gasteiger partial charge in [0.15, 0.2) is 5.82 Å². The lowest BCUT2D eigenvalue weighted by molar-refractivity contribution is 0.0782. The summed E-state index contributed by atoms with van der Waals surface area (Å²) in [5.74, 6) is 0.629. The van der Waals surface area contributed by atoms with Gasteiger partial charge in [0.2, 0.25) is 0 Å². The molecule has 3 heterocycles. The highest BCUT2D eigenvalue weighted by Gasteiger charge is 2.34. The van der Waals surface area contributed by atoms with Crippen molar-refractivity contribution < 1.29 is 9.18 Å². The number of hydrogen-bond donors (Lipinski definition) is 2. The predicted molar refractivity (Wildman–Crippen MR) is 122 cm³/mol. The van der Waals surface area contributed by atoms with Gasteiger partial charge < -0.3 is 15.2 Å². The maximum atomic E-state index is 13.5. The molecule has 1 amide bonds. The van der Waals surface area contributed by atoms with Crippen molar-refractivity contribution in [3.8, 4) is 6.07 Å². The Morgan fingerprint density at radius 3 is 2.85 bits per heavy atom. The second-order valence-electron chi connectivity index (χ2n) is 8.92. The summed E-state index contributed by atoms with van der Waals surface area (Å²) in [6.45, 7) is 2.40. The van der Waals surface area contributed by atoms with Gasteiger partial charge in [-0.15, -0.1) is 0 Å². The number of aromatic amines is 1. The van der Waals surface area contributed by atoms with Crippen LogP contribution >= 0.6 is 0 Å². The zero-order chi connectivity index (χ0) is 23.1. The lowest BCUT2D eigenvalue weighted by Crippen LogP contribution is -2.29. The number of pyridine rings is 1. The average molecular weight is 449 g/mol. The number of H-pyrrole nitrogens is 1. The average Bonchev–Trinajstić information content (AvgIpc) is 3.44. The third-order valence-corrected chi connectivity index (χ3v) is 6.55. The summed E-state index contributed by atoms with van der Waals surface area (Å²) >= 11 is 0. The summed E-state index contributed by atoms with van der Waals surface area (Å²) in [5.41, 5.74) is 2.40. The second kappa shape index (κ2) is 8.35. The summed E-state index contributed by atoms with van der Waals surface area (Å²) < 4.78 is 15.3. The Morgan fingerprint density at radius 2 is 2.18 bits per heavy atom. The number of alkyl halides is 1. The lowest BCUT2D eigenvalue weighted by atomic mass is 10.1. The monoisotopic (exact) mass is 448 g/mol. The molecule has 2 aliphatic rings. The molecule has 1 saturated heterocycles. The normalized spacial score (nSPS) is 18.9. The summed E-state index contributed by atoms with van der Waals surface area (Å²) in [6.07, 6.45) is 3.44. The van der Waals surface area contributed by atoms with Crippen LogP contribution in [0.25, 0.3) is 10.9 Å². The Bertz CT molecular complexity index is 1320. The molecule has 0 radical (unpaired) electrons. The van der Waals surface area contributed by atoms with Crippen LogP contribution in [0.4, 0.5) is 15.9 Å². The largest absolute Gasteiger partial charge is 0.338 e. The number of likely N-dealkylation sites (tertiary alicyclic amines) is 1. The number of nitrogens with zero attached hydrogens (tertiary/aromatic N) is 4. The molecule has 33 heavy (non-hydrogen) atoms. The van der Waals surface area contributed by atoms with Crippen LogP contribution < -0.4 is 10.9 Å². The van der Waals surface area contributed by atoms with Gasteiger partial charge in [-0.2, -0.15) is 10.4 Å². The summed E-state index contributed by atoms with van der Waals surface area (Å²) in [4.78, 5) is 29.7. The number of hydrogen-bond acceptors (Lipinski definition) is 5. The molecule has 5 rings (SSSR count). The topological polar surface area (TPSA) is 107 Å². The summed E-state index contributed by atoms with van der Waals surface area (Å²) in [5, 5.41) is 17.7. The quantitative estimate of drug-likeness (QED) is 0.596. The van der Waals surface area contributed by atoms with Crippen molar-refractivity contribution in [2.75, 3.05) is 18.4 Å².